The summed E-state index contributed by atoms with van der Waals surface area (Å²) in [6, 6.07) is 7.61. The number of hydrogen-bond donors (Lipinski definition) is 0. The normalized spacial score (nSPS) is 16.1. The van der Waals surface area contributed by atoms with E-state index in [1.807, 2.05) is 24.3 Å². The first-order valence-electron chi connectivity index (χ1n) is 6.90. The molecule has 0 radical (unpaired) electrons. The number of para-hydroxylation sites is 2. The van der Waals surface area contributed by atoms with Crippen molar-refractivity contribution in [2.75, 3.05) is 18.8 Å². The summed E-state index contributed by atoms with van der Waals surface area (Å²) < 4.78 is 25.2. The second kappa shape index (κ2) is 5.14. The van der Waals surface area contributed by atoms with Gasteiger partial charge in [-0.05, 0) is 12.1 Å². The Kier molecular flexibility index (Phi) is 3.44. The van der Waals surface area contributed by atoms with Crippen LogP contribution in [0.4, 0.5) is 0 Å². The molecule has 0 saturated carbocycles. The zero-order valence-electron chi connectivity index (χ0n) is 11.8. The highest BCUT2D eigenvalue weighted by atomic mass is 32.2. The Morgan fingerprint density at radius 2 is 2.05 bits per heavy atom. The highest BCUT2D eigenvalue weighted by molar-refractivity contribution is 7.92. The Morgan fingerprint density at radius 3 is 2.76 bits per heavy atom. The molecule has 0 unspecified atom stereocenters. The average molecular weight is 307 g/mol. The van der Waals surface area contributed by atoms with Gasteiger partial charge in [-0.25, -0.2) is 13.4 Å². The molecule has 2 aromatic rings. The maximum absolute atomic E-state index is 12.2. The van der Waals surface area contributed by atoms with Crippen LogP contribution in [-0.2, 0) is 21.2 Å². The molecule has 1 aliphatic heterocycles. The molecular weight excluding hydrogens is 290 g/mol. The van der Waals surface area contributed by atoms with Crippen LogP contribution in [0.5, 0.6) is 0 Å². The predicted molar refractivity (Wildman–Crippen MR) is 79.6 cm³/mol. The number of nitrogens with zero attached hydrogens (tertiary/aromatic N) is 3. The lowest BCUT2D eigenvalue weighted by Gasteiger charge is -2.38. The van der Waals surface area contributed by atoms with Gasteiger partial charge in [0, 0.05) is 18.8 Å². The molecule has 1 amide bonds. The number of likely N-dealkylation sites (tertiary alicyclic amines) is 1. The van der Waals surface area contributed by atoms with Gasteiger partial charge < -0.3 is 9.47 Å². The van der Waals surface area contributed by atoms with Crippen LogP contribution >= 0.6 is 0 Å². The molecule has 0 aliphatic carbocycles. The molecule has 1 saturated heterocycles. The second-order valence-corrected chi connectivity index (χ2v) is 7.80. The van der Waals surface area contributed by atoms with Crippen LogP contribution in [0.1, 0.15) is 6.92 Å². The summed E-state index contributed by atoms with van der Waals surface area (Å²) in [5.41, 5.74) is 1.75. The molecule has 1 aliphatic rings. The third-order valence-corrected chi connectivity index (χ3v) is 6.06. The first-order valence-corrected chi connectivity index (χ1v) is 8.62. The summed E-state index contributed by atoms with van der Waals surface area (Å²) in [4.78, 5) is 18.0. The van der Waals surface area contributed by atoms with Crippen LogP contribution in [0, 0.1) is 0 Å². The summed E-state index contributed by atoms with van der Waals surface area (Å²) in [6.07, 6.45) is 1.64. The Balaban J connectivity index is 1.66. The van der Waals surface area contributed by atoms with E-state index in [0.29, 0.717) is 13.1 Å². The molecule has 0 spiro atoms. The van der Waals surface area contributed by atoms with Gasteiger partial charge >= 0.3 is 0 Å². The summed E-state index contributed by atoms with van der Waals surface area (Å²) in [6.45, 7) is 2.44. The van der Waals surface area contributed by atoms with Crippen LogP contribution in [-0.4, -0.2) is 52.9 Å². The fraction of sp³-hybridized carbons (Fsp3) is 0.429. The van der Waals surface area contributed by atoms with Gasteiger partial charge in [-0.15, -0.1) is 0 Å². The Labute approximate surface area is 123 Å². The smallest absolute Gasteiger partial charge is 0.242 e. The van der Waals surface area contributed by atoms with Crippen LogP contribution in [0.15, 0.2) is 30.6 Å². The number of amides is 1. The maximum Gasteiger partial charge on any atom is 0.242 e. The van der Waals surface area contributed by atoms with Crippen LogP contribution in [0.25, 0.3) is 11.0 Å². The third kappa shape index (κ3) is 2.53. The zero-order valence-corrected chi connectivity index (χ0v) is 12.6. The van der Waals surface area contributed by atoms with Gasteiger partial charge in [0.05, 0.1) is 22.6 Å². The lowest BCUT2D eigenvalue weighted by atomic mass is 10.2. The zero-order chi connectivity index (χ0) is 15.0. The van der Waals surface area contributed by atoms with E-state index in [0.717, 1.165) is 11.0 Å². The number of hydrogen-bond acceptors (Lipinski definition) is 4. The van der Waals surface area contributed by atoms with Gasteiger partial charge in [0.15, 0.2) is 9.84 Å². The number of sulfone groups is 1. The number of imidazole rings is 1. The molecule has 21 heavy (non-hydrogen) atoms. The highest BCUT2D eigenvalue weighted by Crippen LogP contribution is 2.18. The van der Waals surface area contributed by atoms with Crippen molar-refractivity contribution in [1.29, 1.82) is 0 Å². The van der Waals surface area contributed by atoms with Crippen LogP contribution in [0.2, 0.25) is 0 Å². The topological polar surface area (TPSA) is 72.3 Å². The van der Waals surface area contributed by atoms with E-state index in [2.05, 4.69) is 4.98 Å². The standard InChI is InChI=1S/C14H17N3O3S/c1-2-21(19,20)11-7-16(8-11)14(18)9-17-10-15-12-5-3-4-6-13(12)17/h3-6,10-11H,2,7-9H2,1H3. The molecule has 0 atom stereocenters. The summed E-state index contributed by atoms with van der Waals surface area (Å²) in [5, 5.41) is -0.397. The van der Waals surface area contributed by atoms with Crippen molar-refractivity contribution in [2.24, 2.45) is 0 Å². The summed E-state index contributed by atoms with van der Waals surface area (Å²) in [5.74, 6) is 0.0620. The molecule has 1 aromatic heterocycles. The molecule has 7 heteroatoms. The molecule has 6 nitrogen and oxygen atoms in total. The Morgan fingerprint density at radius 1 is 1.33 bits per heavy atom. The van der Waals surface area contributed by atoms with Gasteiger partial charge in [-0.3, -0.25) is 4.79 Å². The van der Waals surface area contributed by atoms with E-state index in [9.17, 15) is 13.2 Å². The summed E-state index contributed by atoms with van der Waals surface area (Å²) in [7, 11) is -3.04. The molecule has 2 heterocycles. The van der Waals surface area contributed by atoms with Crippen molar-refractivity contribution in [3.05, 3.63) is 30.6 Å². The van der Waals surface area contributed by atoms with E-state index in [1.165, 1.54) is 0 Å². The average Bonchev–Trinajstić information content (AvgIpc) is 2.80. The van der Waals surface area contributed by atoms with Gasteiger partial charge in [0.2, 0.25) is 5.91 Å². The van der Waals surface area contributed by atoms with Gasteiger partial charge in [0.25, 0.3) is 0 Å². The SMILES string of the molecule is CCS(=O)(=O)C1CN(C(=O)Cn2cnc3ccccc32)C1. The minimum atomic E-state index is -3.04. The number of aromatic nitrogens is 2. The van der Waals surface area contributed by atoms with E-state index in [-0.39, 0.29) is 18.2 Å². The highest BCUT2D eigenvalue weighted by Gasteiger charge is 2.38. The van der Waals surface area contributed by atoms with Crippen LogP contribution < -0.4 is 0 Å². The quantitative estimate of drug-likeness (QED) is 0.833. The minimum Gasteiger partial charge on any atom is -0.338 e. The van der Waals surface area contributed by atoms with Crippen molar-refractivity contribution >= 4 is 26.8 Å². The molecule has 1 fully saturated rings. The summed E-state index contributed by atoms with van der Waals surface area (Å²) >= 11 is 0. The molecular formula is C14H17N3O3S. The van der Waals surface area contributed by atoms with E-state index in [1.54, 1.807) is 22.7 Å². The van der Waals surface area contributed by atoms with Crippen molar-refractivity contribution in [1.82, 2.24) is 14.5 Å². The lowest BCUT2D eigenvalue weighted by molar-refractivity contribution is -0.134. The molecule has 3 rings (SSSR count). The van der Waals surface area contributed by atoms with Gasteiger partial charge in [-0.1, -0.05) is 19.1 Å². The fourth-order valence-electron chi connectivity index (χ4n) is 2.49. The monoisotopic (exact) mass is 307 g/mol. The Bertz CT molecular complexity index is 776. The second-order valence-electron chi connectivity index (χ2n) is 5.23. The number of fused-ring (bicyclic) bond motifs is 1. The van der Waals surface area contributed by atoms with Crippen molar-refractivity contribution in [2.45, 2.75) is 18.7 Å². The van der Waals surface area contributed by atoms with Gasteiger partial charge in [0.1, 0.15) is 6.54 Å². The lowest BCUT2D eigenvalue weighted by Crippen LogP contribution is -2.57. The third-order valence-electron chi connectivity index (χ3n) is 3.94. The fourth-order valence-corrected chi connectivity index (χ4v) is 3.77. The maximum atomic E-state index is 12.2. The number of rotatable bonds is 4. The van der Waals surface area contributed by atoms with Crippen molar-refractivity contribution < 1.29 is 13.2 Å². The number of carbonyl (C=O) groups excluding carboxylic acids is 1. The first kappa shape index (κ1) is 14.1. The van der Waals surface area contributed by atoms with Gasteiger partial charge in [-0.2, -0.15) is 0 Å². The largest absolute Gasteiger partial charge is 0.338 e. The van der Waals surface area contributed by atoms with Crippen molar-refractivity contribution in [3.8, 4) is 0 Å². The van der Waals surface area contributed by atoms with Crippen LogP contribution in [0.3, 0.4) is 0 Å². The van der Waals surface area contributed by atoms with E-state index < -0.39 is 15.1 Å². The van der Waals surface area contributed by atoms with E-state index >= 15 is 0 Å². The molecule has 0 bridgehead atoms. The van der Waals surface area contributed by atoms with Crippen molar-refractivity contribution in [3.63, 3.8) is 0 Å². The minimum absolute atomic E-state index is 0.0688. The van der Waals surface area contributed by atoms with E-state index in [4.69, 9.17) is 0 Å². The Hall–Kier alpha value is -1.89. The first-order chi connectivity index (χ1) is 10.0. The molecule has 0 N–H and O–H groups in total. The number of benzene rings is 1. The molecule has 112 valence electrons. The number of carbonyl (C=O) groups is 1. The molecule has 1 aromatic carbocycles. The predicted octanol–water partition coefficient (Wildman–Crippen LogP) is 0.682.